The fourth-order valence-electron chi connectivity index (χ4n) is 13.1. The standard InChI is InChI=1S/C69H50N2/c1-47-22-20-38-63(68(50-25-8-3-9-26-50)60-35-17-18-36-61(60)69(51-27-10-4-11-28-51)59-34-16-14-31-55(59)58-33-21-37-62(68)66(58)69)67(47)70(53-42-40-49(41-43-53)48-23-6-2-7-24-48)54-44-45-57-56-32-15-19-39-64(56)71(65(57)46-54)52-29-12-5-13-30-52/h2-21,23-47H,22H2,1H3/t47-,68?,69?/m0/s1. The van der Waals surface area contributed by atoms with Crippen LogP contribution in [-0.2, 0) is 10.8 Å². The fourth-order valence-corrected chi connectivity index (χ4v) is 13.1. The van der Waals surface area contributed by atoms with E-state index in [1.165, 1.54) is 94.3 Å². The lowest BCUT2D eigenvalue weighted by Crippen LogP contribution is -2.46. The van der Waals surface area contributed by atoms with E-state index in [1.54, 1.807) is 0 Å². The zero-order chi connectivity index (χ0) is 47.1. The highest BCUT2D eigenvalue weighted by Crippen LogP contribution is 2.67. The summed E-state index contributed by atoms with van der Waals surface area (Å²) in [6, 6.07) is 95.4. The van der Waals surface area contributed by atoms with Gasteiger partial charge >= 0.3 is 0 Å². The first kappa shape index (κ1) is 41.3. The van der Waals surface area contributed by atoms with Crippen LogP contribution in [0.25, 0.3) is 49.7 Å². The summed E-state index contributed by atoms with van der Waals surface area (Å²) >= 11 is 0. The second-order valence-corrected chi connectivity index (χ2v) is 19.5. The lowest BCUT2D eigenvalue weighted by molar-refractivity contribution is 0.587. The molecular formula is C69H50N2. The van der Waals surface area contributed by atoms with Crippen LogP contribution in [0.4, 0.5) is 11.4 Å². The van der Waals surface area contributed by atoms with E-state index in [2.05, 4.69) is 283 Å². The normalized spacial score (nSPS) is 18.6. The minimum Gasteiger partial charge on any atom is -0.314 e. The van der Waals surface area contributed by atoms with Gasteiger partial charge in [0.1, 0.15) is 0 Å². The Labute approximate surface area is 415 Å². The Kier molecular flexibility index (Phi) is 9.41. The first-order valence-electron chi connectivity index (χ1n) is 25.1. The van der Waals surface area contributed by atoms with Crippen LogP contribution in [0.5, 0.6) is 0 Å². The van der Waals surface area contributed by atoms with Gasteiger partial charge in [0, 0.05) is 39.4 Å². The number of nitrogens with zero attached hydrogens (tertiary/aromatic N) is 2. The molecule has 0 spiro atoms. The van der Waals surface area contributed by atoms with Crippen molar-refractivity contribution in [3.05, 3.63) is 317 Å². The minimum absolute atomic E-state index is 0.141. The molecule has 0 saturated heterocycles. The second kappa shape index (κ2) is 16.2. The molecule has 0 saturated carbocycles. The molecule has 0 amide bonds. The Morgan fingerprint density at radius 2 is 0.958 bits per heavy atom. The van der Waals surface area contributed by atoms with Crippen LogP contribution in [0.2, 0.25) is 0 Å². The van der Waals surface area contributed by atoms with E-state index in [4.69, 9.17) is 0 Å². The first-order chi connectivity index (χ1) is 35.2. The van der Waals surface area contributed by atoms with Crippen LogP contribution in [0.1, 0.15) is 52.3 Å². The van der Waals surface area contributed by atoms with Crippen molar-refractivity contribution in [2.75, 3.05) is 4.90 Å². The van der Waals surface area contributed by atoms with E-state index < -0.39 is 10.8 Å². The molecular weight excluding hydrogens is 857 g/mol. The molecule has 2 nitrogen and oxygen atoms in total. The average molecular weight is 907 g/mol. The number of anilines is 2. The van der Waals surface area contributed by atoms with Crippen molar-refractivity contribution >= 4 is 33.2 Å². The molecule has 3 aliphatic carbocycles. The number of rotatable bonds is 8. The number of fused-ring (bicyclic) bond motifs is 8. The number of allylic oxidation sites excluding steroid dienone is 4. The van der Waals surface area contributed by atoms with Crippen LogP contribution >= 0.6 is 0 Å². The zero-order valence-corrected chi connectivity index (χ0v) is 39.6. The lowest BCUT2D eigenvalue weighted by Gasteiger charge is -2.51. The maximum atomic E-state index is 2.62. The SMILES string of the molecule is C[C@H]1CC=CC(C2(c3ccccc3)c3ccccc3C3(c4ccccc4)c4ccccc4-c4cccc2c43)=C1N(c1ccc(-c2ccccc2)cc1)c1ccc2c3ccccc3n(-c3ccccc3)c2c1. The molecule has 14 rings (SSSR count). The van der Waals surface area contributed by atoms with E-state index in [0.717, 1.165) is 23.5 Å². The van der Waals surface area contributed by atoms with Crippen LogP contribution in [0.15, 0.2) is 278 Å². The number of hydrogen-bond acceptors (Lipinski definition) is 1. The summed E-state index contributed by atoms with van der Waals surface area (Å²) in [5.41, 5.74) is 21.3. The van der Waals surface area contributed by atoms with Crippen molar-refractivity contribution < 1.29 is 0 Å². The van der Waals surface area contributed by atoms with Gasteiger partial charge in [0.15, 0.2) is 0 Å². The first-order valence-corrected chi connectivity index (χ1v) is 25.1. The van der Waals surface area contributed by atoms with Gasteiger partial charge in [0.05, 0.1) is 21.9 Å². The third-order valence-corrected chi connectivity index (χ3v) is 15.9. The third kappa shape index (κ3) is 5.89. The molecule has 3 atom stereocenters. The number of benzene rings is 10. The van der Waals surface area contributed by atoms with Crippen molar-refractivity contribution in [2.24, 2.45) is 5.92 Å². The average Bonchev–Trinajstić information content (AvgIpc) is 3.95. The van der Waals surface area contributed by atoms with Crippen molar-refractivity contribution in [1.29, 1.82) is 0 Å². The Morgan fingerprint density at radius 1 is 0.423 bits per heavy atom. The molecule has 2 heteroatoms. The highest BCUT2D eigenvalue weighted by molar-refractivity contribution is 6.10. The van der Waals surface area contributed by atoms with Gasteiger partial charge in [-0.25, -0.2) is 0 Å². The Balaban J connectivity index is 1.12. The van der Waals surface area contributed by atoms with Crippen molar-refractivity contribution in [3.63, 3.8) is 0 Å². The van der Waals surface area contributed by atoms with Gasteiger partial charge in [0.25, 0.3) is 0 Å². The summed E-state index contributed by atoms with van der Waals surface area (Å²) in [5, 5.41) is 2.48. The minimum atomic E-state index is -0.727. The molecule has 10 aromatic carbocycles. The Hall–Kier alpha value is -8.72. The van der Waals surface area contributed by atoms with Gasteiger partial charge in [-0.05, 0) is 116 Å². The molecule has 71 heavy (non-hydrogen) atoms. The van der Waals surface area contributed by atoms with E-state index in [1.807, 2.05) is 0 Å². The highest BCUT2D eigenvalue weighted by Gasteiger charge is 2.58. The maximum Gasteiger partial charge on any atom is 0.0725 e. The number of hydrogen-bond donors (Lipinski definition) is 0. The van der Waals surface area contributed by atoms with Gasteiger partial charge in [-0.2, -0.15) is 0 Å². The third-order valence-electron chi connectivity index (χ3n) is 15.9. The molecule has 11 aromatic rings. The fraction of sp³-hybridized carbons (Fsp3) is 0.0725. The molecule has 0 radical (unpaired) electrons. The highest BCUT2D eigenvalue weighted by atomic mass is 15.2. The maximum absolute atomic E-state index is 2.62. The molecule has 1 heterocycles. The second-order valence-electron chi connectivity index (χ2n) is 19.5. The van der Waals surface area contributed by atoms with Crippen LogP contribution in [0.3, 0.4) is 0 Å². The van der Waals surface area contributed by atoms with Crippen molar-refractivity contribution in [2.45, 2.75) is 24.2 Å². The van der Waals surface area contributed by atoms with Crippen LogP contribution < -0.4 is 4.90 Å². The molecule has 1 aromatic heterocycles. The Bertz CT molecular complexity index is 3900. The van der Waals surface area contributed by atoms with Gasteiger partial charge in [-0.1, -0.05) is 231 Å². The van der Waals surface area contributed by atoms with E-state index in [0.29, 0.717) is 0 Å². The van der Waals surface area contributed by atoms with E-state index >= 15 is 0 Å². The summed E-state index contributed by atoms with van der Waals surface area (Å²) in [5.74, 6) is 0.141. The van der Waals surface area contributed by atoms with Crippen molar-refractivity contribution in [3.8, 4) is 27.9 Å². The van der Waals surface area contributed by atoms with Gasteiger partial charge in [0.2, 0.25) is 0 Å². The van der Waals surface area contributed by atoms with Crippen LogP contribution in [0, 0.1) is 5.92 Å². The molecule has 0 bridgehead atoms. The smallest absolute Gasteiger partial charge is 0.0725 e. The quantitative estimate of drug-likeness (QED) is 0.147. The zero-order valence-electron chi connectivity index (χ0n) is 39.6. The predicted octanol–water partition coefficient (Wildman–Crippen LogP) is 17.1. The molecule has 336 valence electrons. The molecule has 0 fully saturated rings. The summed E-state index contributed by atoms with van der Waals surface area (Å²) in [6.07, 6.45) is 5.85. The number of aromatic nitrogens is 1. The van der Waals surface area contributed by atoms with Gasteiger partial charge < -0.3 is 9.47 Å². The molecule has 3 aliphatic rings. The summed E-state index contributed by atoms with van der Waals surface area (Å²) in [7, 11) is 0. The summed E-state index contributed by atoms with van der Waals surface area (Å²) in [4.78, 5) is 2.62. The van der Waals surface area contributed by atoms with E-state index in [9.17, 15) is 0 Å². The van der Waals surface area contributed by atoms with E-state index in [-0.39, 0.29) is 5.92 Å². The molecule has 0 aliphatic heterocycles. The summed E-state index contributed by atoms with van der Waals surface area (Å²) in [6.45, 7) is 2.44. The molecule has 0 N–H and O–H groups in total. The monoisotopic (exact) mass is 906 g/mol. The summed E-state index contributed by atoms with van der Waals surface area (Å²) < 4.78 is 2.45. The Morgan fingerprint density at radius 3 is 1.69 bits per heavy atom. The largest absolute Gasteiger partial charge is 0.314 e. The van der Waals surface area contributed by atoms with Gasteiger partial charge in [-0.15, -0.1) is 0 Å². The van der Waals surface area contributed by atoms with Crippen molar-refractivity contribution in [1.82, 2.24) is 4.57 Å². The van der Waals surface area contributed by atoms with Gasteiger partial charge in [-0.3, -0.25) is 0 Å². The topological polar surface area (TPSA) is 8.17 Å². The molecule has 2 unspecified atom stereocenters. The predicted molar refractivity (Wildman–Crippen MR) is 295 cm³/mol. The van der Waals surface area contributed by atoms with Crippen LogP contribution in [-0.4, -0.2) is 4.57 Å². The lowest BCUT2D eigenvalue weighted by atomic mass is 9.51. The number of para-hydroxylation sites is 2.